The minimum atomic E-state index is -1.08. The molecule has 0 heterocycles. The molecule has 6 N–H and O–H groups in total. The largest absolute Gasteiger partial charge is 0.444 e. The summed E-state index contributed by atoms with van der Waals surface area (Å²) in [5.41, 5.74) is 9.06. The fourth-order valence-electron chi connectivity index (χ4n) is 6.59. The molecule has 0 aliphatic heterocycles. The summed E-state index contributed by atoms with van der Waals surface area (Å²) in [6.45, 7) is -0.0494. The summed E-state index contributed by atoms with van der Waals surface area (Å²) in [4.78, 5) is 69.9. The number of amides is 5. The number of nitrogens with two attached hydrogens (primary N) is 1. The lowest BCUT2D eigenvalue weighted by atomic mass is 10.0. The summed E-state index contributed by atoms with van der Waals surface area (Å²) >= 11 is 0. The first-order valence-corrected chi connectivity index (χ1v) is 20.0. The maximum atomic E-state index is 13.9. The number of primary amides is 1. The number of benzene rings is 6. The van der Waals surface area contributed by atoms with E-state index in [1.54, 1.807) is 24.3 Å². The number of fused-ring (bicyclic) bond motifs is 2. The predicted molar refractivity (Wildman–Crippen MR) is 234 cm³/mol. The Labute approximate surface area is 353 Å². The van der Waals surface area contributed by atoms with Crippen LogP contribution in [-0.4, -0.2) is 54.5 Å². The fraction of sp³-hybridized carbons (Fsp3) is 0.208. The number of nitrogens with one attached hydrogen (secondary N) is 4. The third kappa shape index (κ3) is 13.8. The number of carbonyl (C=O) groups is 5. The maximum absolute atomic E-state index is 13.9. The summed E-state index contributed by atoms with van der Waals surface area (Å²) in [5.74, 6) is -1.93. The van der Waals surface area contributed by atoms with E-state index in [1.807, 2.05) is 121 Å². The minimum absolute atomic E-state index is 0.000339. The number of aliphatic imine (C=N–C) groups is 1. The van der Waals surface area contributed by atoms with Crippen LogP contribution in [0.4, 0.5) is 9.59 Å². The number of guanidine groups is 1. The van der Waals surface area contributed by atoms with Crippen LogP contribution in [0.1, 0.15) is 41.5 Å². The Morgan fingerprint density at radius 3 is 1.62 bits per heavy atom. The van der Waals surface area contributed by atoms with Crippen LogP contribution in [-0.2, 0) is 49.9 Å². The van der Waals surface area contributed by atoms with Gasteiger partial charge in [0.1, 0.15) is 25.3 Å². The molecule has 0 aliphatic rings. The van der Waals surface area contributed by atoms with Gasteiger partial charge in [-0.2, -0.15) is 0 Å². The second-order valence-electron chi connectivity index (χ2n) is 14.4. The molecule has 0 fully saturated rings. The number of carbonyl (C=O) groups excluding carboxylic acids is 5. The Morgan fingerprint density at radius 1 is 0.557 bits per heavy atom. The lowest BCUT2D eigenvalue weighted by Gasteiger charge is -2.22. The van der Waals surface area contributed by atoms with Crippen molar-refractivity contribution < 1.29 is 33.4 Å². The van der Waals surface area contributed by atoms with Crippen LogP contribution in [0.2, 0.25) is 0 Å². The second-order valence-corrected chi connectivity index (χ2v) is 14.4. The van der Waals surface area contributed by atoms with Crippen molar-refractivity contribution in [1.29, 1.82) is 0 Å². The summed E-state index contributed by atoms with van der Waals surface area (Å²) < 4.78 is 10.6. The number of aryl methyl sites for hydroxylation is 1. The quantitative estimate of drug-likeness (QED) is 0.0389. The number of hydrogen-bond donors (Lipinski definition) is 5. The third-order valence-corrected chi connectivity index (χ3v) is 9.81. The Morgan fingerprint density at radius 2 is 1.07 bits per heavy atom. The lowest BCUT2D eigenvalue weighted by Crippen LogP contribution is -2.53. The van der Waals surface area contributed by atoms with Crippen molar-refractivity contribution in [2.24, 2.45) is 10.7 Å². The van der Waals surface area contributed by atoms with E-state index in [1.165, 1.54) is 0 Å². The SMILES string of the molecule is NC(=O)[C@H](Cc1ccc2ccccc2c1)NC(=O)[C@H](CCCN=C(NC(=O)OCc1ccccc1)NC(=O)OCc1ccccc1)NC(=O)CCc1ccc2ccccc2c1. The third-order valence-electron chi connectivity index (χ3n) is 9.81. The highest BCUT2D eigenvalue weighted by Crippen LogP contribution is 2.18. The molecule has 61 heavy (non-hydrogen) atoms. The molecule has 0 saturated heterocycles. The summed E-state index contributed by atoms with van der Waals surface area (Å²) in [6, 6.07) is 43.5. The molecule has 6 rings (SSSR count). The standard InChI is InChI=1S/C48H48N6O7/c49-44(56)42(30-36-22-25-38-17-8-10-19-40(38)29-36)52-45(57)41(51-43(55)26-23-33-21-24-37-16-7-9-18-39(37)28-33)20-11-27-50-46(53-47(58)60-31-34-12-3-1-4-13-34)54-48(59)61-32-35-14-5-2-6-15-35/h1-10,12-19,21-22,24-25,28-29,41-42H,11,20,23,26-27,30-32H2,(H2,49,56)(H,51,55)(H,52,57)(H2,50,53,54,58,59)/t41-,42-/m0/s1. The zero-order valence-electron chi connectivity index (χ0n) is 33.6. The Hall–Kier alpha value is -7.54. The van der Waals surface area contributed by atoms with Crippen molar-refractivity contribution >= 4 is 57.4 Å². The molecule has 6 aromatic carbocycles. The van der Waals surface area contributed by atoms with Crippen LogP contribution in [0, 0.1) is 0 Å². The molecule has 0 aliphatic carbocycles. The lowest BCUT2D eigenvalue weighted by molar-refractivity contribution is -0.131. The van der Waals surface area contributed by atoms with E-state index in [2.05, 4.69) is 26.3 Å². The predicted octanol–water partition coefficient (Wildman–Crippen LogP) is 6.61. The number of ether oxygens (including phenoxy) is 2. The molecule has 0 aromatic heterocycles. The van der Waals surface area contributed by atoms with Crippen LogP contribution < -0.4 is 27.0 Å². The van der Waals surface area contributed by atoms with Crippen LogP contribution in [0.5, 0.6) is 0 Å². The van der Waals surface area contributed by atoms with E-state index in [0.717, 1.165) is 43.8 Å². The molecule has 0 saturated carbocycles. The summed E-state index contributed by atoms with van der Waals surface area (Å²) in [6.07, 6.45) is -0.771. The highest BCUT2D eigenvalue weighted by molar-refractivity contribution is 6.01. The van der Waals surface area contributed by atoms with Crippen LogP contribution >= 0.6 is 0 Å². The zero-order valence-corrected chi connectivity index (χ0v) is 33.6. The molecule has 0 unspecified atom stereocenters. The van der Waals surface area contributed by atoms with E-state index in [0.29, 0.717) is 6.42 Å². The van der Waals surface area contributed by atoms with Gasteiger partial charge in [-0.05, 0) is 63.1 Å². The van der Waals surface area contributed by atoms with Gasteiger partial charge in [0.25, 0.3) is 0 Å². The normalized spacial score (nSPS) is 11.7. The highest BCUT2D eigenvalue weighted by atomic mass is 16.6. The topological polar surface area (TPSA) is 190 Å². The van der Waals surface area contributed by atoms with Crippen molar-refractivity contribution in [3.63, 3.8) is 0 Å². The van der Waals surface area contributed by atoms with Crippen LogP contribution in [0.25, 0.3) is 21.5 Å². The monoisotopic (exact) mass is 820 g/mol. The van der Waals surface area contributed by atoms with Crippen LogP contribution in [0.3, 0.4) is 0 Å². The maximum Gasteiger partial charge on any atom is 0.414 e. The molecule has 312 valence electrons. The molecule has 0 spiro atoms. The smallest absolute Gasteiger partial charge is 0.414 e. The van der Waals surface area contributed by atoms with Gasteiger partial charge in [-0.3, -0.25) is 30.0 Å². The number of hydrogen-bond acceptors (Lipinski definition) is 8. The van der Waals surface area contributed by atoms with Gasteiger partial charge in [-0.15, -0.1) is 0 Å². The van der Waals surface area contributed by atoms with Crippen molar-refractivity contribution in [3.05, 3.63) is 168 Å². The first-order chi connectivity index (χ1) is 29.7. The van der Waals surface area contributed by atoms with Gasteiger partial charge >= 0.3 is 12.2 Å². The van der Waals surface area contributed by atoms with Gasteiger partial charge < -0.3 is 25.8 Å². The van der Waals surface area contributed by atoms with E-state index in [-0.39, 0.29) is 57.3 Å². The van der Waals surface area contributed by atoms with E-state index in [9.17, 15) is 24.0 Å². The van der Waals surface area contributed by atoms with E-state index < -0.39 is 36.1 Å². The number of alkyl carbamates (subject to hydrolysis) is 2. The minimum Gasteiger partial charge on any atom is -0.444 e. The van der Waals surface area contributed by atoms with Gasteiger partial charge in [-0.25, -0.2) is 9.59 Å². The molecule has 5 amide bonds. The molecule has 13 heteroatoms. The van der Waals surface area contributed by atoms with Gasteiger partial charge in [-0.1, -0.05) is 146 Å². The van der Waals surface area contributed by atoms with Gasteiger partial charge in [0, 0.05) is 19.4 Å². The number of nitrogens with zero attached hydrogens (tertiary/aromatic N) is 1. The van der Waals surface area contributed by atoms with Crippen molar-refractivity contribution in [2.75, 3.05) is 6.54 Å². The Bertz CT molecular complexity index is 2420. The summed E-state index contributed by atoms with van der Waals surface area (Å²) in [5, 5.41) is 14.7. The highest BCUT2D eigenvalue weighted by Gasteiger charge is 2.26. The van der Waals surface area contributed by atoms with Crippen LogP contribution in [0.15, 0.2) is 151 Å². The van der Waals surface area contributed by atoms with Crippen molar-refractivity contribution in [1.82, 2.24) is 21.3 Å². The van der Waals surface area contributed by atoms with Gasteiger partial charge in [0.05, 0.1) is 0 Å². The van der Waals surface area contributed by atoms with Crippen molar-refractivity contribution in [2.45, 2.75) is 57.4 Å². The molecular formula is C48H48N6O7. The molecule has 6 aromatic rings. The molecule has 2 atom stereocenters. The zero-order chi connectivity index (χ0) is 42.8. The first kappa shape index (κ1) is 43.0. The average Bonchev–Trinajstić information content (AvgIpc) is 3.28. The van der Waals surface area contributed by atoms with E-state index >= 15 is 0 Å². The Balaban J connectivity index is 1.12. The molecule has 13 nitrogen and oxygen atoms in total. The van der Waals surface area contributed by atoms with Crippen molar-refractivity contribution in [3.8, 4) is 0 Å². The fourth-order valence-corrected chi connectivity index (χ4v) is 6.59. The summed E-state index contributed by atoms with van der Waals surface area (Å²) in [7, 11) is 0. The van der Waals surface area contributed by atoms with Gasteiger partial charge in [0.2, 0.25) is 23.7 Å². The number of rotatable bonds is 17. The average molecular weight is 821 g/mol. The molecule has 0 radical (unpaired) electrons. The first-order valence-electron chi connectivity index (χ1n) is 20.0. The van der Waals surface area contributed by atoms with Gasteiger partial charge in [0.15, 0.2) is 0 Å². The second kappa shape index (κ2) is 22.0. The van der Waals surface area contributed by atoms with E-state index in [4.69, 9.17) is 15.2 Å². The molecule has 0 bridgehead atoms. The molecular weight excluding hydrogens is 773 g/mol. The Kier molecular flexibility index (Phi) is 15.5.